The van der Waals surface area contributed by atoms with Gasteiger partial charge in [-0.1, -0.05) is 46.4 Å². The average molecular weight is 361 g/mol. The van der Waals surface area contributed by atoms with E-state index in [1.165, 1.54) is 12.1 Å². The van der Waals surface area contributed by atoms with Crippen LogP contribution in [0.25, 0.3) is 11.3 Å². The maximum atomic E-state index is 12.6. The molecular formula is C12H4Cl4F3N. The van der Waals surface area contributed by atoms with Gasteiger partial charge in [0.1, 0.15) is 0 Å². The van der Waals surface area contributed by atoms with Crippen LogP contribution >= 0.6 is 46.4 Å². The van der Waals surface area contributed by atoms with Crippen molar-refractivity contribution in [3.63, 3.8) is 0 Å². The van der Waals surface area contributed by atoms with Crippen LogP contribution in [0.2, 0.25) is 20.1 Å². The minimum Gasteiger partial charge on any atom is -0.256 e. The number of rotatable bonds is 1. The van der Waals surface area contributed by atoms with Gasteiger partial charge >= 0.3 is 6.18 Å². The highest BCUT2D eigenvalue weighted by Gasteiger charge is 2.33. The summed E-state index contributed by atoms with van der Waals surface area (Å²) in [5.74, 6) is 0. The van der Waals surface area contributed by atoms with Gasteiger partial charge in [-0.15, -0.1) is 0 Å². The molecule has 1 heterocycles. The van der Waals surface area contributed by atoms with Crippen molar-refractivity contribution in [1.29, 1.82) is 0 Å². The van der Waals surface area contributed by atoms with Crippen LogP contribution in [0.5, 0.6) is 0 Å². The van der Waals surface area contributed by atoms with E-state index in [0.717, 1.165) is 6.07 Å². The Kier molecular flexibility index (Phi) is 4.40. The lowest BCUT2D eigenvalue weighted by Gasteiger charge is -2.10. The predicted molar refractivity (Wildman–Crippen MR) is 74.7 cm³/mol. The molecule has 1 nitrogen and oxygen atoms in total. The van der Waals surface area contributed by atoms with Gasteiger partial charge < -0.3 is 0 Å². The number of nitrogens with zero attached hydrogens (tertiary/aromatic N) is 1. The van der Waals surface area contributed by atoms with Crippen LogP contribution in [0.3, 0.4) is 0 Å². The molecule has 0 aliphatic rings. The summed E-state index contributed by atoms with van der Waals surface area (Å²) in [6, 6.07) is 3.99. The van der Waals surface area contributed by atoms with Crippen molar-refractivity contribution in [3.8, 4) is 11.3 Å². The molecule has 8 heteroatoms. The molecule has 2 aromatic rings. The monoisotopic (exact) mass is 359 g/mol. The summed E-state index contributed by atoms with van der Waals surface area (Å²) >= 11 is 23.1. The van der Waals surface area contributed by atoms with Crippen molar-refractivity contribution in [1.82, 2.24) is 4.98 Å². The van der Waals surface area contributed by atoms with Crippen molar-refractivity contribution in [3.05, 3.63) is 50.0 Å². The zero-order chi connectivity index (χ0) is 15.1. The van der Waals surface area contributed by atoms with Gasteiger partial charge in [0, 0.05) is 11.8 Å². The van der Waals surface area contributed by atoms with E-state index in [2.05, 4.69) is 4.98 Å². The Bertz CT molecular complexity index is 647. The van der Waals surface area contributed by atoms with Crippen LogP contribution in [0.4, 0.5) is 13.2 Å². The van der Waals surface area contributed by atoms with E-state index >= 15 is 0 Å². The number of benzene rings is 1. The van der Waals surface area contributed by atoms with Gasteiger partial charge in [-0.05, 0) is 18.2 Å². The number of hydrogen-bond donors (Lipinski definition) is 0. The molecule has 0 aliphatic heterocycles. The van der Waals surface area contributed by atoms with E-state index in [1.54, 1.807) is 0 Å². The van der Waals surface area contributed by atoms with Crippen molar-refractivity contribution >= 4 is 46.4 Å². The topological polar surface area (TPSA) is 12.9 Å². The summed E-state index contributed by atoms with van der Waals surface area (Å²) < 4.78 is 37.7. The number of halogens is 7. The highest BCUT2D eigenvalue weighted by Crippen LogP contribution is 2.38. The molecule has 0 aliphatic carbocycles. The van der Waals surface area contributed by atoms with Gasteiger partial charge in [0.05, 0.1) is 31.3 Å². The minimum absolute atomic E-state index is 0.162. The quantitative estimate of drug-likeness (QED) is 0.537. The molecule has 0 unspecified atom stereocenters. The molecule has 0 bridgehead atoms. The normalized spacial score (nSPS) is 11.8. The fourth-order valence-electron chi connectivity index (χ4n) is 1.50. The third kappa shape index (κ3) is 3.14. The van der Waals surface area contributed by atoms with Crippen LogP contribution < -0.4 is 0 Å². The van der Waals surface area contributed by atoms with Gasteiger partial charge in [-0.25, -0.2) is 0 Å². The average Bonchev–Trinajstić information content (AvgIpc) is 2.33. The van der Waals surface area contributed by atoms with Crippen LogP contribution in [0.15, 0.2) is 24.4 Å². The van der Waals surface area contributed by atoms with Gasteiger partial charge in [-0.2, -0.15) is 13.2 Å². The smallest absolute Gasteiger partial charge is 0.256 e. The van der Waals surface area contributed by atoms with E-state index in [9.17, 15) is 13.2 Å². The third-order valence-electron chi connectivity index (χ3n) is 2.44. The van der Waals surface area contributed by atoms with Crippen molar-refractivity contribution in [2.45, 2.75) is 6.18 Å². The van der Waals surface area contributed by atoms with E-state index in [1.807, 2.05) is 0 Å². The summed E-state index contributed by atoms with van der Waals surface area (Å²) in [6.07, 6.45) is -3.90. The summed E-state index contributed by atoms with van der Waals surface area (Å²) in [4.78, 5) is 3.72. The maximum absolute atomic E-state index is 12.6. The number of aromatic nitrogens is 1. The number of hydrogen-bond acceptors (Lipinski definition) is 1. The second kappa shape index (κ2) is 5.60. The highest BCUT2D eigenvalue weighted by atomic mass is 35.5. The van der Waals surface area contributed by atoms with E-state index in [-0.39, 0.29) is 20.8 Å². The van der Waals surface area contributed by atoms with Crippen molar-refractivity contribution < 1.29 is 13.2 Å². The number of pyridine rings is 1. The van der Waals surface area contributed by atoms with Crippen molar-refractivity contribution in [2.24, 2.45) is 0 Å². The lowest BCUT2D eigenvalue weighted by atomic mass is 10.1. The van der Waals surface area contributed by atoms with Gasteiger partial charge in [0.25, 0.3) is 0 Å². The first kappa shape index (κ1) is 15.7. The fourth-order valence-corrected chi connectivity index (χ4v) is 2.36. The first-order chi connectivity index (χ1) is 9.20. The van der Waals surface area contributed by atoms with Gasteiger partial charge in [0.15, 0.2) is 0 Å². The zero-order valence-corrected chi connectivity index (χ0v) is 12.4. The second-order valence-electron chi connectivity index (χ2n) is 3.80. The molecule has 0 saturated heterocycles. The van der Waals surface area contributed by atoms with Crippen LogP contribution in [-0.2, 0) is 6.18 Å². The van der Waals surface area contributed by atoms with Crippen LogP contribution in [0, 0.1) is 0 Å². The number of alkyl halides is 3. The minimum atomic E-state index is -4.56. The summed E-state index contributed by atoms with van der Waals surface area (Å²) in [5.41, 5.74) is -0.377. The zero-order valence-electron chi connectivity index (χ0n) is 9.40. The Morgan fingerprint density at radius 3 is 1.85 bits per heavy atom. The standard InChI is InChI=1S/C12H4Cl4F3N/c13-7-3-10(20-4-6(7)12(17,18)19)5-1-8(14)11(16)9(15)2-5/h1-4H. The Labute approximate surface area is 132 Å². The molecule has 20 heavy (non-hydrogen) atoms. The lowest BCUT2D eigenvalue weighted by molar-refractivity contribution is -0.137. The molecule has 0 spiro atoms. The largest absolute Gasteiger partial charge is 0.419 e. The Morgan fingerprint density at radius 1 is 0.850 bits per heavy atom. The SMILES string of the molecule is FC(F)(F)c1cnc(-c2cc(Cl)c(Cl)c(Cl)c2)cc1Cl. The molecule has 106 valence electrons. The second-order valence-corrected chi connectivity index (χ2v) is 5.40. The van der Waals surface area contributed by atoms with Crippen LogP contribution in [-0.4, -0.2) is 4.98 Å². The molecule has 0 N–H and O–H groups in total. The molecule has 0 fully saturated rings. The summed E-state index contributed by atoms with van der Waals surface area (Å²) in [7, 11) is 0. The molecule has 0 saturated carbocycles. The first-order valence-electron chi connectivity index (χ1n) is 5.08. The first-order valence-corrected chi connectivity index (χ1v) is 6.59. The van der Waals surface area contributed by atoms with E-state index < -0.39 is 16.8 Å². The molecule has 0 amide bonds. The van der Waals surface area contributed by atoms with Gasteiger partial charge in [-0.3, -0.25) is 4.98 Å². The summed E-state index contributed by atoms with van der Waals surface area (Å²) in [5, 5.41) is 0.0544. The predicted octanol–water partition coefficient (Wildman–Crippen LogP) is 6.38. The molecule has 1 aromatic heterocycles. The maximum Gasteiger partial charge on any atom is 0.419 e. The molecule has 0 atom stereocenters. The third-order valence-corrected chi connectivity index (χ3v) is 3.95. The Hall–Kier alpha value is -0.680. The summed E-state index contributed by atoms with van der Waals surface area (Å²) in [6.45, 7) is 0. The fraction of sp³-hybridized carbons (Fsp3) is 0.0833. The molecule has 0 radical (unpaired) electrons. The van der Waals surface area contributed by atoms with Crippen LogP contribution in [0.1, 0.15) is 5.56 Å². The Balaban J connectivity index is 2.53. The Morgan fingerprint density at radius 2 is 1.40 bits per heavy atom. The molecule has 2 rings (SSSR count). The van der Waals surface area contributed by atoms with E-state index in [0.29, 0.717) is 11.8 Å². The van der Waals surface area contributed by atoms with E-state index in [4.69, 9.17) is 46.4 Å². The van der Waals surface area contributed by atoms with Crippen molar-refractivity contribution in [2.75, 3.05) is 0 Å². The lowest BCUT2D eigenvalue weighted by Crippen LogP contribution is -2.06. The highest BCUT2D eigenvalue weighted by molar-refractivity contribution is 6.48. The van der Waals surface area contributed by atoms with Gasteiger partial charge in [0.2, 0.25) is 0 Å². The molecular weight excluding hydrogens is 357 g/mol. The molecule has 1 aromatic carbocycles.